The van der Waals surface area contributed by atoms with Crippen LogP contribution in [0.25, 0.3) is 0 Å². The highest BCUT2D eigenvalue weighted by atomic mass is 15.1. The summed E-state index contributed by atoms with van der Waals surface area (Å²) in [5.41, 5.74) is 2.33. The van der Waals surface area contributed by atoms with Gasteiger partial charge in [0.2, 0.25) is 12.6 Å². The van der Waals surface area contributed by atoms with Crippen molar-refractivity contribution in [2.75, 3.05) is 0 Å². The molecule has 102 valence electrons. The van der Waals surface area contributed by atoms with Gasteiger partial charge in [0, 0.05) is 0 Å². The van der Waals surface area contributed by atoms with Gasteiger partial charge >= 0.3 is 0 Å². The predicted octanol–water partition coefficient (Wildman–Crippen LogP) is 1.04. The molecule has 0 saturated carbocycles. The first-order chi connectivity index (χ1) is 10.5. The Kier molecular flexibility index (Phi) is 2.78. The molecule has 4 nitrogen and oxygen atoms in total. The van der Waals surface area contributed by atoms with Gasteiger partial charge in [-0.1, -0.05) is 24.3 Å². The van der Waals surface area contributed by atoms with Crippen molar-refractivity contribution in [2.24, 2.45) is 14.1 Å². The molecule has 0 aliphatic rings. The lowest BCUT2D eigenvalue weighted by atomic mass is 10.1. The first-order valence-corrected chi connectivity index (χ1v) is 6.65. The third-order valence-electron chi connectivity index (χ3n) is 3.24. The Morgan fingerprint density at radius 1 is 0.850 bits per heavy atom. The van der Waals surface area contributed by atoms with Crippen LogP contribution in [-0.4, -0.2) is 9.13 Å². The molecule has 0 bridgehead atoms. The van der Waals surface area contributed by atoms with E-state index in [0.717, 1.165) is 11.1 Å². The first-order valence-electron chi connectivity index (χ1n) is 7.65. The van der Waals surface area contributed by atoms with E-state index in [1.165, 1.54) is 0 Å². The average Bonchev–Trinajstić information content (AvgIpc) is 3.00. The van der Waals surface area contributed by atoms with E-state index in [1.807, 2.05) is 48.0 Å². The highest BCUT2D eigenvalue weighted by Crippen LogP contribution is 2.07. The molecule has 0 spiro atoms. The van der Waals surface area contributed by atoms with Crippen molar-refractivity contribution >= 4 is 0 Å². The summed E-state index contributed by atoms with van der Waals surface area (Å²) in [6, 6.07) is 8.34. The van der Waals surface area contributed by atoms with Crippen LogP contribution in [0.15, 0.2) is 61.7 Å². The molecule has 0 unspecified atom stereocenters. The van der Waals surface area contributed by atoms with Crippen LogP contribution in [0.4, 0.5) is 0 Å². The van der Waals surface area contributed by atoms with Crippen molar-refractivity contribution in [3.63, 3.8) is 0 Å². The molecule has 1 aromatic carbocycles. The van der Waals surface area contributed by atoms with Crippen molar-refractivity contribution in [1.29, 1.82) is 0 Å². The predicted molar refractivity (Wildman–Crippen MR) is 75.9 cm³/mol. The maximum atomic E-state index is 7.94. The quantitative estimate of drug-likeness (QED) is 0.630. The number of rotatable bonds is 4. The van der Waals surface area contributed by atoms with E-state index in [4.69, 9.17) is 2.74 Å². The van der Waals surface area contributed by atoms with Crippen LogP contribution in [0.5, 0.6) is 0 Å². The molecule has 0 amide bonds. The lowest BCUT2D eigenvalue weighted by molar-refractivity contribution is -0.671. The van der Waals surface area contributed by atoms with Gasteiger partial charge in [-0.3, -0.25) is 0 Å². The van der Waals surface area contributed by atoms with Gasteiger partial charge in [0.15, 0.2) is 2.74 Å². The molecule has 3 rings (SSSR count). The molecule has 0 aliphatic carbocycles. The smallest absolute Gasteiger partial charge is 0.240 e. The van der Waals surface area contributed by atoms with Gasteiger partial charge in [-0.15, -0.1) is 0 Å². The maximum Gasteiger partial charge on any atom is 0.243 e. The standard InChI is InChI=1S/C16H20N4/c1-17-7-9-19(13-17)11-15-3-5-16(6-4-15)12-20-10-8-18(2)14-20/h3-10,13-14H,11-12H2,1-2H3/q+2/i13D,14D. The van der Waals surface area contributed by atoms with Crippen LogP contribution < -0.4 is 9.13 Å². The van der Waals surface area contributed by atoms with E-state index >= 15 is 0 Å². The Morgan fingerprint density at radius 3 is 1.55 bits per heavy atom. The molecule has 4 heteroatoms. The number of hydrogen-bond donors (Lipinski definition) is 0. The zero-order valence-electron chi connectivity index (χ0n) is 13.8. The second-order valence-electron chi connectivity index (χ2n) is 5.09. The molecule has 20 heavy (non-hydrogen) atoms. The van der Waals surface area contributed by atoms with Gasteiger partial charge < -0.3 is 0 Å². The Bertz CT molecular complexity index is 720. The number of benzene rings is 1. The lowest BCUT2D eigenvalue weighted by Crippen LogP contribution is -2.23. The summed E-state index contributed by atoms with van der Waals surface area (Å²) in [6.45, 7) is 1.39. The topological polar surface area (TPSA) is 17.6 Å². The maximum absolute atomic E-state index is 7.94. The second kappa shape index (κ2) is 5.33. The fourth-order valence-corrected chi connectivity index (χ4v) is 2.22. The van der Waals surface area contributed by atoms with Crippen LogP contribution in [0.2, 0.25) is 0 Å². The van der Waals surface area contributed by atoms with E-state index in [9.17, 15) is 0 Å². The van der Waals surface area contributed by atoms with Gasteiger partial charge in [0.05, 0.1) is 14.1 Å². The minimum Gasteiger partial charge on any atom is -0.240 e. The largest absolute Gasteiger partial charge is 0.243 e. The van der Waals surface area contributed by atoms with Crippen LogP contribution in [-0.2, 0) is 27.2 Å². The van der Waals surface area contributed by atoms with Crippen LogP contribution >= 0.6 is 0 Å². The fourth-order valence-electron chi connectivity index (χ4n) is 2.22. The number of nitrogens with zero attached hydrogens (tertiary/aromatic N) is 4. The second-order valence-corrected chi connectivity index (χ2v) is 5.09. The summed E-state index contributed by atoms with van der Waals surface area (Å²) in [5.74, 6) is 0. The Balaban J connectivity index is 1.73. The van der Waals surface area contributed by atoms with E-state index in [2.05, 4.69) is 24.3 Å². The van der Waals surface area contributed by atoms with Crippen molar-refractivity contribution in [3.8, 4) is 0 Å². The summed E-state index contributed by atoms with van der Waals surface area (Å²) >= 11 is 0. The normalized spacial score (nSPS) is 12.3. The zero-order chi connectivity index (χ0) is 15.7. The lowest BCUT2D eigenvalue weighted by Gasteiger charge is -2.01. The Morgan fingerprint density at radius 2 is 1.25 bits per heavy atom. The van der Waals surface area contributed by atoms with Gasteiger partial charge in [0.1, 0.15) is 37.9 Å². The number of hydrogen-bond acceptors (Lipinski definition) is 0. The molecular formula is C16H20N4+2. The number of imidazole rings is 2. The Labute approximate surface area is 122 Å². The van der Waals surface area contributed by atoms with Crippen molar-refractivity contribution in [1.82, 2.24) is 9.13 Å². The molecule has 0 fully saturated rings. The van der Waals surface area contributed by atoms with Crippen LogP contribution in [0, 0.1) is 0 Å². The summed E-state index contributed by atoms with van der Waals surface area (Å²) in [4.78, 5) is 0. The molecule has 2 heterocycles. The van der Waals surface area contributed by atoms with Crippen LogP contribution in [0.3, 0.4) is 0 Å². The highest BCUT2D eigenvalue weighted by molar-refractivity contribution is 5.23. The van der Waals surface area contributed by atoms with Gasteiger partial charge in [-0.25, -0.2) is 18.3 Å². The minimum atomic E-state index is 0.489. The number of aryl methyl sites for hydroxylation is 2. The van der Waals surface area contributed by atoms with Crippen molar-refractivity contribution < 1.29 is 11.9 Å². The zero-order valence-corrected chi connectivity index (χ0v) is 11.8. The molecule has 0 N–H and O–H groups in total. The summed E-state index contributed by atoms with van der Waals surface area (Å²) in [7, 11) is 3.74. The summed E-state index contributed by atoms with van der Waals surface area (Å²) < 4.78 is 23.3. The fraction of sp³-hybridized carbons (Fsp3) is 0.250. The molecule has 0 radical (unpaired) electrons. The van der Waals surface area contributed by atoms with E-state index in [0.29, 0.717) is 25.7 Å². The third kappa shape index (κ3) is 2.96. The first kappa shape index (κ1) is 10.4. The highest BCUT2D eigenvalue weighted by Gasteiger charge is 2.04. The van der Waals surface area contributed by atoms with E-state index < -0.39 is 0 Å². The molecule has 0 aliphatic heterocycles. The van der Waals surface area contributed by atoms with Crippen molar-refractivity contribution in [3.05, 3.63) is 72.8 Å². The summed E-state index contributed by atoms with van der Waals surface area (Å²) in [6.07, 6.45) is 8.59. The van der Waals surface area contributed by atoms with Gasteiger partial charge in [-0.05, 0) is 11.1 Å². The van der Waals surface area contributed by atoms with Crippen LogP contribution in [0.1, 0.15) is 13.9 Å². The van der Waals surface area contributed by atoms with E-state index in [-0.39, 0.29) is 0 Å². The molecule has 0 atom stereocenters. The molecule has 2 aromatic heterocycles. The van der Waals surface area contributed by atoms with Crippen molar-refractivity contribution in [2.45, 2.75) is 13.1 Å². The monoisotopic (exact) mass is 270 g/mol. The molecular weight excluding hydrogens is 248 g/mol. The Hall–Kier alpha value is -2.36. The number of aromatic nitrogens is 4. The average molecular weight is 270 g/mol. The van der Waals surface area contributed by atoms with Gasteiger partial charge in [-0.2, -0.15) is 0 Å². The van der Waals surface area contributed by atoms with Gasteiger partial charge in [0.25, 0.3) is 0 Å². The molecule has 3 aromatic rings. The minimum absolute atomic E-state index is 0.489. The summed E-state index contributed by atoms with van der Waals surface area (Å²) in [5, 5.41) is 0. The SMILES string of the molecule is [2H]c1n(Cc2ccc(Cn3cc[n+](C)c3[2H])cc2)cc[n+]1C. The van der Waals surface area contributed by atoms with E-state index in [1.54, 1.807) is 9.13 Å². The molecule has 0 saturated heterocycles. The third-order valence-corrected chi connectivity index (χ3v) is 3.24.